The third-order valence-corrected chi connectivity index (χ3v) is 5.02. The van der Waals surface area contributed by atoms with E-state index in [-0.39, 0.29) is 17.5 Å². The summed E-state index contributed by atoms with van der Waals surface area (Å²) in [6.45, 7) is 10.5. The van der Waals surface area contributed by atoms with Gasteiger partial charge in [0.2, 0.25) is 0 Å². The lowest BCUT2D eigenvalue weighted by Gasteiger charge is -2.42. The maximum atomic E-state index is 12.7. The first-order chi connectivity index (χ1) is 10.3. The van der Waals surface area contributed by atoms with Gasteiger partial charge in [-0.25, -0.2) is 0 Å². The fraction of sp³-hybridized carbons (Fsp3) is 0.882. The molecule has 0 aliphatic carbocycles. The molecule has 2 heterocycles. The molecule has 0 amide bonds. The zero-order valence-electron chi connectivity index (χ0n) is 14.4. The zero-order valence-corrected chi connectivity index (χ0v) is 14.4. The van der Waals surface area contributed by atoms with E-state index in [2.05, 4.69) is 10.2 Å². The third-order valence-electron chi connectivity index (χ3n) is 5.02. The molecule has 2 saturated heterocycles. The number of hydrogen-bond donors (Lipinski definition) is 1. The van der Waals surface area contributed by atoms with Crippen LogP contribution in [0.25, 0.3) is 0 Å². The van der Waals surface area contributed by atoms with Crippen LogP contribution < -0.4 is 5.32 Å². The second kappa shape index (κ2) is 7.20. The predicted molar refractivity (Wildman–Crippen MR) is 85.9 cm³/mol. The molecular weight excluding hydrogens is 280 g/mol. The number of ether oxygens (including phenoxy) is 1. The minimum atomic E-state index is -0.538. The molecule has 0 radical (unpaired) electrons. The van der Waals surface area contributed by atoms with Gasteiger partial charge >= 0.3 is 0 Å². The molecular formula is C17H30N2O3. The van der Waals surface area contributed by atoms with Gasteiger partial charge in [-0.1, -0.05) is 13.8 Å². The fourth-order valence-electron chi connectivity index (χ4n) is 3.28. The molecule has 0 aromatic rings. The summed E-state index contributed by atoms with van der Waals surface area (Å²) < 4.78 is 5.62. The molecule has 2 unspecified atom stereocenters. The van der Waals surface area contributed by atoms with Crippen molar-refractivity contribution in [3.8, 4) is 0 Å². The number of nitrogens with one attached hydrogen (secondary N) is 1. The van der Waals surface area contributed by atoms with E-state index in [1.54, 1.807) is 0 Å². The van der Waals surface area contributed by atoms with Gasteiger partial charge in [0, 0.05) is 31.5 Å². The van der Waals surface area contributed by atoms with Gasteiger partial charge in [-0.2, -0.15) is 0 Å². The van der Waals surface area contributed by atoms with E-state index in [0.717, 1.165) is 19.4 Å². The Hall–Kier alpha value is -0.780. The van der Waals surface area contributed by atoms with Crippen molar-refractivity contribution in [2.75, 3.05) is 26.2 Å². The molecule has 22 heavy (non-hydrogen) atoms. The number of Topliss-reactive ketones (excluding diaryl/α,β-unsaturated/α-hetero) is 2. The molecule has 2 atom stereocenters. The lowest BCUT2D eigenvalue weighted by molar-refractivity contribution is -0.148. The highest BCUT2D eigenvalue weighted by molar-refractivity contribution is 5.88. The Morgan fingerprint density at radius 3 is 2.68 bits per heavy atom. The van der Waals surface area contributed by atoms with E-state index in [9.17, 15) is 9.59 Å². The number of carbonyl (C=O) groups excluding carboxylic acids is 2. The number of carbonyl (C=O) groups is 2. The van der Waals surface area contributed by atoms with Crippen molar-refractivity contribution in [2.45, 2.75) is 64.6 Å². The lowest BCUT2D eigenvalue weighted by atomic mass is 9.90. The predicted octanol–water partition coefficient (Wildman–Crippen LogP) is 1.40. The van der Waals surface area contributed by atoms with E-state index < -0.39 is 11.6 Å². The minimum Gasteiger partial charge on any atom is -0.368 e. The van der Waals surface area contributed by atoms with Crippen LogP contribution in [0.5, 0.6) is 0 Å². The van der Waals surface area contributed by atoms with Gasteiger partial charge < -0.3 is 10.1 Å². The topological polar surface area (TPSA) is 58.6 Å². The van der Waals surface area contributed by atoms with Crippen LogP contribution >= 0.6 is 0 Å². The average Bonchev–Trinajstić information content (AvgIpc) is 2.99. The summed E-state index contributed by atoms with van der Waals surface area (Å²) in [6, 6.07) is 0.320. The summed E-state index contributed by atoms with van der Waals surface area (Å²) in [5, 5.41) is 3.39. The number of morpholine rings is 1. The smallest absolute Gasteiger partial charge is 0.165 e. The SMILES string of the molecule is CC(C)C(=O)C1CN(C(C)(C)C(=O)CC2CCCN2)CCO1. The maximum Gasteiger partial charge on any atom is 0.165 e. The quantitative estimate of drug-likeness (QED) is 0.804. The molecule has 5 heteroatoms. The second-order valence-electron chi connectivity index (χ2n) is 7.34. The number of nitrogens with zero attached hydrogens (tertiary/aromatic N) is 1. The highest BCUT2D eigenvalue weighted by atomic mass is 16.5. The van der Waals surface area contributed by atoms with Gasteiger partial charge in [-0.3, -0.25) is 14.5 Å². The Kier molecular flexibility index (Phi) is 5.75. The van der Waals surface area contributed by atoms with Gasteiger partial charge in [-0.05, 0) is 33.2 Å². The number of hydrogen-bond acceptors (Lipinski definition) is 5. The largest absolute Gasteiger partial charge is 0.368 e. The third kappa shape index (κ3) is 3.94. The summed E-state index contributed by atoms with van der Waals surface area (Å²) in [5.41, 5.74) is -0.538. The Morgan fingerprint density at radius 1 is 1.36 bits per heavy atom. The van der Waals surface area contributed by atoms with E-state index in [4.69, 9.17) is 4.74 Å². The first-order valence-corrected chi connectivity index (χ1v) is 8.49. The molecule has 0 aromatic carbocycles. The van der Waals surface area contributed by atoms with Crippen LogP contribution in [0.3, 0.4) is 0 Å². The molecule has 0 aromatic heterocycles. The van der Waals surface area contributed by atoms with E-state index >= 15 is 0 Å². The van der Waals surface area contributed by atoms with Gasteiger partial charge in [0.15, 0.2) is 11.6 Å². The van der Waals surface area contributed by atoms with Gasteiger partial charge in [0.25, 0.3) is 0 Å². The maximum absolute atomic E-state index is 12.7. The lowest BCUT2D eigenvalue weighted by Crippen LogP contribution is -2.58. The van der Waals surface area contributed by atoms with E-state index in [1.807, 2.05) is 27.7 Å². The molecule has 2 aliphatic rings. The molecule has 2 fully saturated rings. The number of rotatable bonds is 6. The Bertz CT molecular complexity index is 414. The molecule has 1 N–H and O–H groups in total. The molecule has 2 aliphatic heterocycles. The van der Waals surface area contributed by atoms with Crippen LogP contribution in [0.4, 0.5) is 0 Å². The van der Waals surface area contributed by atoms with Crippen molar-refractivity contribution < 1.29 is 14.3 Å². The van der Waals surface area contributed by atoms with Crippen molar-refractivity contribution in [1.82, 2.24) is 10.2 Å². The van der Waals surface area contributed by atoms with E-state index in [1.165, 1.54) is 0 Å². The molecule has 2 rings (SSSR count). The van der Waals surface area contributed by atoms with Gasteiger partial charge in [0.1, 0.15) is 6.10 Å². The van der Waals surface area contributed by atoms with Crippen LogP contribution in [-0.2, 0) is 14.3 Å². The van der Waals surface area contributed by atoms with Gasteiger partial charge in [-0.15, -0.1) is 0 Å². The summed E-state index contributed by atoms with van der Waals surface area (Å²) >= 11 is 0. The fourth-order valence-corrected chi connectivity index (χ4v) is 3.28. The van der Waals surface area contributed by atoms with Crippen LogP contribution in [0.15, 0.2) is 0 Å². The Balaban J connectivity index is 1.97. The first kappa shape index (κ1) is 17.6. The summed E-state index contributed by atoms with van der Waals surface area (Å²) in [7, 11) is 0. The minimum absolute atomic E-state index is 0.0357. The first-order valence-electron chi connectivity index (χ1n) is 8.49. The van der Waals surface area contributed by atoms with Crippen molar-refractivity contribution >= 4 is 11.6 Å². The van der Waals surface area contributed by atoms with Crippen LogP contribution in [0, 0.1) is 5.92 Å². The monoisotopic (exact) mass is 310 g/mol. The van der Waals surface area contributed by atoms with Gasteiger partial charge in [0.05, 0.1) is 12.1 Å². The van der Waals surface area contributed by atoms with Crippen LogP contribution in [-0.4, -0.2) is 60.4 Å². The van der Waals surface area contributed by atoms with Crippen LogP contribution in [0.1, 0.15) is 47.0 Å². The Morgan fingerprint density at radius 2 is 2.09 bits per heavy atom. The number of ketones is 2. The second-order valence-corrected chi connectivity index (χ2v) is 7.34. The summed E-state index contributed by atoms with van der Waals surface area (Å²) in [5.74, 6) is 0.349. The summed E-state index contributed by atoms with van der Waals surface area (Å²) in [4.78, 5) is 27.0. The standard InChI is InChI=1S/C17H30N2O3/c1-12(2)16(21)14-11-19(8-9-22-14)17(3,4)15(20)10-13-6-5-7-18-13/h12-14,18H,5-11H2,1-4H3. The van der Waals surface area contributed by atoms with Crippen LogP contribution in [0.2, 0.25) is 0 Å². The molecule has 0 spiro atoms. The highest BCUT2D eigenvalue weighted by Gasteiger charge is 2.40. The highest BCUT2D eigenvalue weighted by Crippen LogP contribution is 2.24. The summed E-state index contributed by atoms with van der Waals surface area (Å²) in [6.07, 6.45) is 2.42. The van der Waals surface area contributed by atoms with Crippen molar-refractivity contribution in [1.29, 1.82) is 0 Å². The van der Waals surface area contributed by atoms with Crippen molar-refractivity contribution in [2.24, 2.45) is 5.92 Å². The molecule has 5 nitrogen and oxygen atoms in total. The van der Waals surface area contributed by atoms with E-state index in [0.29, 0.717) is 32.2 Å². The normalized spacial score (nSPS) is 27.3. The zero-order chi connectivity index (χ0) is 16.3. The van der Waals surface area contributed by atoms with Crippen molar-refractivity contribution in [3.63, 3.8) is 0 Å². The Labute approximate surface area is 133 Å². The molecule has 0 saturated carbocycles. The molecule has 0 bridgehead atoms. The average molecular weight is 310 g/mol. The van der Waals surface area contributed by atoms with Crippen molar-refractivity contribution in [3.05, 3.63) is 0 Å². The molecule has 126 valence electrons.